The summed E-state index contributed by atoms with van der Waals surface area (Å²) in [5.74, 6) is -0.894. The lowest BCUT2D eigenvalue weighted by Crippen LogP contribution is -2.39. The summed E-state index contributed by atoms with van der Waals surface area (Å²) >= 11 is 0. The smallest absolute Gasteiger partial charge is 0.276 e. The lowest BCUT2D eigenvalue weighted by molar-refractivity contribution is 0.0674. The minimum absolute atomic E-state index is 0.0161. The molecule has 0 spiro atoms. The van der Waals surface area contributed by atoms with Crippen molar-refractivity contribution in [2.45, 2.75) is 25.5 Å². The molecular weight excluding hydrogens is 445 g/mol. The van der Waals surface area contributed by atoms with E-state index in [-0.39, 0.29) is 35.7 Å². The molecule has 34 heavy (non-hydrogen) atoms. The van der Waals surface area contributed by atoms with Gasteiger partial charge in [-0.05, 0) is 47.5 Å². The molecule has 0 unspecified atom stereocenters. The molecule has 5 rings (SSSR count). The van der Waals surface area contributed by atoms with Crippen LogP contribution < -0.4 is 4.74 Å². The number of halogens is 1. The number of carbonyl (C=O) groups excluding carboxylic acids is 1. The Balaban J connectivity index is 1.16. The van der Waals surface area contributed by atoms with Crippen LogP contribution in [0.4, 0.5) is 4.39 Å². The topological polar surface area (TPSA) is 137 Å². The van der Waals surface area contributed by atoms with Crippen molar-refractivity contribution in [2.24, 2.45) is 0 Å². The summed E-state index contributed by atoms with van der Waals surface area (Å²) in [5.41, 5.74) is 1.08. The van der Waals surface area contributed by atoms with Gasteiger partial charge < -0.3 is 14.7 Å². The molecule has 3 aromatic heterocycles. The molecule has 0 bridgehead atoms. The number of rotatable bonds is 6. The normalized spacial score (nSPS) is 14.3. The number of nitrogens with zero attached hydrogens (tertiary/aromatic N) is 9. The minimum Gasteiger partial charge on any atom is -0.505 e. The Labute approximate surface area is 192 Å². The molecule has 1 N–H and O–H groups in total. The van der Waals surface area contributed by atoms with Gasteiger partial charge in [0.25, 0.3) is 5.91 Å². The Morgan fingerprint density at radius 1 is 1.24 bits per heavy atom. The first kappa shape index (κ1) is 21.4. The molecule has 174 valence electrons. The van der Waals surface area contributed by atoms with Crippen molar-refractivity contribution in [1.29, 1.82) is 0 Å². The fraction of sp³-hybridized carbons (Fsp3) is 0.286. The lowest BCUT2D eigenvalue weighted by atomic mass is 10.1. The molecule has 1 fully saturated rings. The van der Waals surface area contributed by atoms with Crippen molar-refractivity contribution in [3.8, 4) is 17.2 Å². The number of hydrogen-bond acceptors (Lipinski definition) is 9. The Morgan fingerprint density at radius 3 is 2.82 bits per heavy atom. The van der Waals surface area contributed by atoms with E-state index in [2.05, 4.69) is 30.7 Å². The monoisotopic (exact) mass is 465 g/mol. The van der Waals surface area contributed by atoms with Gasteiger partial charge in [0.1, 0.15) is 24.4 Å². The maximum Gasteiger partial charge on any atom is 0.276 e. The maximum atomic E-state index is 14.4. The molecule has 1 aromatic carbocycles. The zero-order valence-corrected chi connectivity index (χ0v) is 17.9. The summed E-state index contributed by atoms with van der Waals surface area (Å²) in [6.45, 7) is 1.04. The quantitative estimate of drug-likeness (QED) is 0.449. The van der Waals surface area contributed by atoms with Crippen molar-refractivity contribution >= 4 is 5.91 Å². The van der Waals surface area contributed by atoms with Crippen molar-refractivity contribution in [1.82, 2.24) is 45.1 Å². The summed E-state index contributed by atoms with van der Waals surface area (Å²) in [5, 5.41) is 29.4. The molecule has 0 aliphatic carbocycles. The first-order valence-electron chi connectivity index (χ1n) is 10.6. The van der Waals surface area contributed by atoms with Crippen LogP contribution in [0.15, 0.2) is 49.1 Å². The van der Waals surface area contributed by atoms with Crippen molar-refractivity contribution in [3.63, 3.8) is 0 Å². The van der Waals surface area contributed by atoms with E-state index in [1.165, 1.54) is 35.4 Å². The molecule has 1 aliphatic heterocycles. The molecule has 0 atom stereocenters. The van der Waals surface area contributed by atoms with Gasteiger partial charge >= 0.3 is 0 Å². The molecule has 4 aromatic rings. The van der Waals surface area contributed by atoms with E-state index in [4.69, 9.17) is 4.74 Å². The van der Waals surface area contributed by atoms with Crippen LogP contribution in [0.5, 0.6) is 11.5 Å². The Kier molecular flexibility index (Phi) is 5.81. The van der Waals surface area contributed by atoms with Gasteiger partial charge in [-0.2, -0.15) is 15.0 Å². The highest BCUT2D eigenvalue weighted by Crippen LogP contribution is 2.25. The number of carbonyl (C=O) groups is 1. The van der Waals surface area contributed by atoms with Gasteiger partial charge in [0, 0.05) is 25.4 Å². The number of benzene rings is 1. The molecule has 4 heterocycles. The number of likely N-dealkylation sites (tertiary alicyclic amines) is 1. The minimum atomic E-state index is -0.545. The van der Waals surface area contributed by atoms with Crippen molar-refractivity contribution < 1.29 is 19.0 Å². The highest BCUT2D eigenvalue weighted by Gasteiger charge is 2.27. The van der Waals surface area contributed by atoms with Crippen molar-refractivity contribution in [3.05, 3.63) is 66.3 Å². The predicted molar refractivity (Wildman–Crippen MR) is 114 cm³/mol. The molecule has 12 nitrogen and oxygen atoms in total. The highest BCUT2D eigenvalue weighted by molar-refractivity contribution is 5.94. The van der Waals surface area contributed by atoms with Crippen LogP contribution >= 0.6 is 0 Å². The third-order valence-electron chi connectivity index (χ3n) is 5.53. The number of aromatic hydroxyl groups is 1. The summed E-state index contributed by atoms with van der Waals surface area (Å²) in [7, 11) is 0. The van der Waals surface area contributed by atoms with Gasteiger partial charge in [-0.3, -0.25) is 4.79 Å². The molecule has 1 aliphatic rings. The fourth-order valence-corrected chi connectivity index (χ4v) is 3.74. The summed E-state index contributed by atoms with van der Waals surface area (Å²) in [6.07, 6.45) is 5.74. The Hall–Kier alpha value is -4.42. The average molecular weight is 465 g/mol. The Morgan fingerprint density at radius 2 is 2.09 bits per heavy atom. The van der Waals surface area contributed by atoms with Gasteiger partial charge in [0.15, 0.2) is 17.3 Å². The van der Waals surface area contributed by atoms with Gasteiger partial charge in [-0.15, -0.1) is 5.10 Å². The van der Waals surface area contributed by atoms with E-state index in [9.17, 15) is 14.3 Å². The highest BCUT2D eigenvalue weighted by atomic mass is 19.1. The van der Waals surface area contributed by atoms with Crippen LogP contribution in [0.2, 0.25) is 0 Å². The van der Waals surface area contributed by atoms with Crippen LogP contribution in [0.3, 0.4) is 0 Å². The Bertz CT molecular complexity index is 1290. The molecule has 1 amide bonds. The largest absolute Gasteiger partial charge is 0.505 e. The lowest BCUT2D eigenvalue weighted by Gasteiger charge is -2.31. The number of aromatic nitrogens is 8. The molecule has 1 saturated heterocycles. The summed E-state index contributed by atoms with van der Waals surface area (Å²) < 4.78 is 21.3. The van der Waals surface area contributed by atoms with Crippen molar-refractivity contribution in [2.75, 3.05) is 13.1 Å². The standard InChI is InChI=1S/C21H20FN9O3/c22-17-10-16(30-13-24-27-28-30)3-4-19(17)34-12-14-11-25-31(26-14)15-5-8-29(9-6-15)21(33)20-18(32)2-1-7-23-20/h1-4,7,10-11,13,15,32H,5-6,8-9,12H2. The van der Waals surface area contributed by atoms with Gasteiger partial charge in [0.05, 0.1) is 17.9 Å². The van der Waals surface area contributed by atoms with E-state index < -0.39 is 5.82 Å². The van der Waals surface area contributed by atoms with Crippen LogP contribution in [-0.2, 0) is 6.61 Å². The third-order valence-corrected chi connectivity index (χ3v) is 5.53. The zero-order chi connectivity index (χ0) is 23.5. The first-order valence-corrected chi connectivity index (χ1v) is 10.6. The molecule has 0 radical (unpaired) electrons. The van der Waals surface area contributed by atoms with Gasteiger partial charge in [-0.25, -0.2) is 14.1 Å². The second kappa shape index (κ2) is 9.21. The summed E-state index contributed by atoms with van der Waals surface area (Å²) in [6, 6.07) is 7.46. The van der Waals surface area contributed by atoms with Gasteiger partial charge in [0.2, 0.25) is 0 Å². The second-order valence-corrected chi connectivity index (χ2v) is 7.71. The second-order valence-electron chi connectivity index (χ2n) is 7.71. The van der Waals surface area contributed by atoms with E-state index in [0.717, 1.165) is 0 Å². The molecular formula is C21H20FN9O3. The fourth-order valence-electron chi connectivity index (χ4n) is 3.74. The number of tetrazole rings is 1. The SMILES string of the molecule is O=C(c1ncccc1O)N1CCC(n2ncc(COc3ccc(-n4cnnn4)cc3F)n2)CC1. The van der Waals surface area contributed by atoms with Crippen LogP contribution in [-0.4, -0.2) is 69.2 Å². The number of ether oxygens (including phenoxy) is 1. The van der Waals surface area contributed by atoms with E-state index >= 15 is 0 Å². The third kappa shape index (κ3) is 4.40. The number of piperidine rings is 1. The number of pyridine rings is 1. The molecule has 13 heteroatoms. The number of amides is 1. The zero-order valence-electron chi connectivity index (χ0n) is 17.9. The average Bonchev–Trinajstić information content (AvgIpc) is 3.56. The maximum absolute atomic E-state index is 14.4. The van der Waals surface area contributed by atoms with E-state index in [1.54, 1.807) is 28.0 Å². The van der Waals surface area contributed by atoms with E-state index in [0.29, 0.717) is 37.3 Å². The number of hydrogen-bond donors (Lipinski definition) is 1. The van der Waals surface area contributed by atoms with Crippen LogP contribution in [0, 0.1) is 5.82 Å². The van der Waals surface area contributed by atoms with Gasteiger partial charge in [-0.1, -0.05) is 0 Å². The predicted octanol–water partition coefficient (Wildman–Crippen LogP) is 1.55. The van der Waals surface area contributed by atoms with E-state index in [1.807, 2.05) is 0 Å². The van der Waals surface area contributed by atoms with Crippen LogP contribution in [0.25, 0.3) is 5.69 Å². The first-order chi connectivity index (χ1) is 16.6. The molecule has 0 saturated carbocycles. The summed E-state index contributed by atoms with van der Waals surface area (Å²) in [4.78, 5) is 19.9. The van der Waals surface area contributed by atoms with Crippen LogP contribution in [0.1, 0.15) is 35.1 Å².